The van der Waals surface area contributed by atoms with Gasteiger partial charge in [0, 0.05) is 16.2 Å². The standard InChI is InChI=1S/C14H20FNS/c1-11-5-7-14(10-16,8-6-11)17-13-4-2-3-12(15)9-13/h2-4,9,11H,5-8,10,16H2,1H3. The van der Waals surface area contributed by atoms with E-state index in [1.54, 1.807) is 23.9 Å². The number of benzene rings is 1. The Kier molecular flexibility index (Phi) is 4.10. The van der Waals surface area contributed by atoms with E-state index in [9.17, 15) is 4.39 Å². The molecule has 1 saturated carbocycles. The van der Waals surface area contributed by atoms with E-state index in [1.165, 1.54) is 18.9 Å². The summed E-state index contributed by atoms with van der Waals surface area (Å²) in [4.78, 5) is 1.00. The van der Waals surface area contributed by atoms with Crippen LogP contribution in [0.15, 0.2) is 29.2 Å². The van der Waals surface area contributed by atoms with Crippen molar-refractivity contribution < 1.29 is 4.39 Å². The Morgan fingerprint density at radius 1 is 1.41 bits per heavy atom. The molecule has 0 aromatic heterocycles. The molecule has 1 aliphatic carbocycles. The predicted molar refractivity (Wildman–Crippen MR) is 71.7 cm³/mol. The second kappa shape index (κ2) is 5.40. The summed E-state index contributed by atoms with van der Waals surface area (Å²) in [5.74, 6) is 0.647. The van der Waals surface area contributed by atoms with Gasteiger partial charge in [0.1, 0.15) is 5.82 Å². The summed E-state index contributed by atoms with van der Waals surface area (Å²) < 4.78 is 13.3. The topological polar surface area (TPSA) is 26.0 Å². The van der Waals surface area contributed by atoms with Crippen LogP contribution in [0, 0.1) is 11.7 Å². The summed E-state index contributed by atoms with van der Waals surface area (Å²) >= 11 is 1.76. The Morgan fingerprint density at radius 3 is 2.71 bits per heavy atom. The molecule has 0 atom stereocenters. The monoisotopic (exact) mass is 253 g/mol. The maximum absolute atomic E-state index is 13.2. The van der Waals surface area contributed by atoms with Crippen molar-refractivity contribution in [1.29, 1.82) is 0 Å². The van der Waals surface area contributed by atoms with Crippen molar-refractivity contribution >= 4 is 11.8 Å². The molecule has 0 saturated heterocycles. The van der Waals surface area contributed by atoms with E-state index in [2.05, 4.69) is 6.92 Å². The lowest BCUT2D eigenvalue weighted by Gasteiger charge is -2.38. The highest BCUT2D eigenvalue weighted by molar-refractivity contribution is 8.00. The molecule has 0 aliphatic heterocycles. The molecule has 1 aromatic rings. The molecular formula is C14H20FNS. The van der Waals surface area contributed by atoms with Crippen molar-refractivity contribution in [3.63, 3.8) is 0 Å². The first kappa shape index (κ1) is 12.9. The van der Waals surface area contributed by atoms with E-state index in [1.807, 2.05) is 6.07 Å². The fourth-order valence-corrected chi connectivity index (χ4v) is 3.76. The number of thioether (sulfide) groups is 1. The highest BCUT2D eigenvalue weighted by atomic mass is 32.2. The molecule has 17 heavy (non-hydrogen) atoms. The van der Waals surface area contributed by atoms with Gasteiger partial charge in [0.2, 0.25) is 0 Å². The lowest BCUT2D eigenvalue weighted by molar-refractivity contribution is 0.323. The van der Waals surface area contributed by atoms with Gasteiger partial charge in [0.05, 0.1) is 0 Å². The van der Waals surface area contributed by atoms with Crippen molar-refractivity contribution in [3.8, 4) is 0 Å². The van der Waals surface area contributed by atoms with Gasteiger partial charge in [0.25, 0.3) is 0 Å². The van der Waals surface area contributed by atoms with Gasteiger partial charge in [-0.25, -0.2) is 4.39 Å². The van der Waals surface area contributed by atoms with Gasteiger partial charge in [-0.15, -0.1) is 11.8 Å². The average Bonchev–Trinajstić information content (AvgIpc) is 2.33. The highest BCUT2D eigenvalue weighted by Gasteiger charge is 2.33. The maximum Gasteiger partial charge on any atom is 0.124 e. The van der Waals surface area contributed by atoms with Crippen molar-refractivity contribution in [1.82, 2.24) is 0 Å². The van der Waals surface area contributed by atoms with E-state index in [4.69, 9.17) is 5.73 Å². The molecule has 3 heteroatoms. The van der Waals surface area contributed by atoms with E-state index in [-0.39, 0.29) is 10.6 Å². The number of rotatable bonds is 3. The zero-order valence-electron chi connectivity index (χ0n) is 10.3. The molecule has 2 N–H and O–H groups in total. The van der Waals surface area contributed by atoms with E-state index in [0.29, 0.717) is 6.54 Å². The first-order chi connectivity index (χ1) is 8.13. The van der Waals surface area contributed by atoms with Crippen molar-refractivity contribution in [3.05, 3.63) is 30.1 Å². The first-order valence-corrected chi connectivity index (χ1v) is 7.10. The SMILES string of the molecule is CC1CCC(CN)(Sc2cccc(F)c2)CC1. The average molecular weight is 253 g/mol. The van der Waals surface area contributed by atoms with Crippen molar-refractivity contribution in [2.24, 2.45) is 11.7 Å². The van der Waals surface area contributed by atoms with Crippen LogP contribution in [-0.4, -0.2) is 11.3 Å². The number of hydrogen-bond acceptors (Lipinski definition) is 2. The summed E-state index contributed by atoms with van der Waals surface area (Å²) in [5.41, 5.74) is 5.95. The highest BCUT2D eigenvalue weighted by Crippen LogP contribution is 2.44. The van der Waals surface area contributed by atoms with Crippen LogP contribution in [-0.2, 0) is 0 Å². The third-order valence-corrected chi connectivity index (χ3v) is 5.19. The fourth-order valence-electron chi connectivity index (χ4n) is 2.42. The molecule has 0 amide bonds. The van der Waals surface area contributed by atoms with E-state index >= 15 is 0 Å². The van der Waals surface area contributed by atoms with Gasteiger partial charge in [0.15, 0.2) is 0 Å². The largest absolute Gasteiger partial charge is 0.329 e. The minimum Gasteiger partial charge on any atom is -0.329 e. The Labute approximate surface area is 107 Å². The van der Waals surface area contributed by atoms with Crippen LogP contribution < -0.4 is 5.73 Å². The van der Waals surface area contributed by atoms with E-state index < -0.39 is 0 Å². The Morgan fingerprint density at radius 2 is 2.12 bits per heavy atom. The summed E-state index contributed by atoms with van der Waals surface area (Å²) in [6.07, 6.45) is 4.76. The zero-order valence-corrected chi connectivity index (χ0v) is 11.1. The summed E-state index contributed by atoms with van der Waals surface area (Å²) in [5, 5.41) is 0. The van der Waals surface area contributed by atoms with Crippen LogP contribution in [0.4, 0.5) is 4.39 Å². The molecule has 1 nitrogen and oxygen atoms in total. The molecule has 1 fully saturated rings. The number of hydrogen-bond donors (Lipinski definition) is 1. The molecule has 0 radical (unpaired) electrons. The van der Waals surface area contributed by atoms with Gasteiger partial charge < -0.3 is 5.73 Å². The molecule has 0 bridgehead atoms. The predicted octanol–water partition coefficient (Wildman–Crippen LogP) is 3.83. The Hall–Kier alpha value is -0.540. The minimum atomic E-state index is -0.161. The number of nitrogens with two attached hydrogens (primary N) is 1. The fraction of sp³-hybridized carbons (Fsp3) is 0.571. The molecule has 0 spiro atoms. The Bertz CT molecular complexity index is 372. The van der Waals surface area contributed by atoms with Gasteiger partial charge in [-0.1, -0.05) is 13.0 Å². The van der Waals surface area contributed by atoms with Gasteiger partial charge >= 0.3 is 0 Å². The smallest absolute Gasteiger partial charge is 0.124 e. The maximum atomic E-state index is 13.2. The molecule has 94 valence electrons. The lowest BCUT2D eigenvalue weighted by atomic mass is 9.82. The molecule has 2 rings (SSSR count). The summed E-state index contributed by atoms with van der Waals surface area (Å²) in [7, 11) is 0. The third kappa shape index (κ3) is 3.23. The second-order valence-corrected chi connectivity index (χ2v) is 6.67. The van der Waals surface area contributed by atoms with Crippen LogP contribution in [0.5, 0.6) is 0 Å². The van der Waals surface area contributed by atoms with E-state index in [0.717, 1.165) is 23.7 Å². The van der Waals surface area contributed by atoms with Gasteiger partial charge in [-0.3, -0.25) is 0 Å². The minimum absolute atomic E-state index is 0.125. The van der Waals surface area contributed by atoms with Gasteiger partial charge in [-0.05, 0) is 49.8 Å². The first-order valence-electron chi connectivity index (χ1n) is 6.28. The normalized spacial score (nSPS) is 29.2. The lowest BCUT2D eigenvalue weighted by Crippen LogP contribution is -2.37. The molecule has 1 aromatic carbocycles. The van der Waals surface area contributed by atoms with Crippen LogP contribution in [0.1, 0.15) is 32.6 Å². The molecular weight excluding hydrogens is 233 g/mol. The zero-order chi connectivity index (χ0) is 12.3. The molecule has 1 aliphatic rings. The summed E-state index contributed by atoms with van der Waals surface area (Å²) in [6.45, 7) is 2.98. The second-order valence-electron chi connectivity index (χ2n) is 5.13. The van der Waals surface area contributed by atoms with Crippen LogP contribution in [0.2, 0.25) is 0 Å². The summed E-state index contributed by atoms with van der Waals surface area (Å²) in [6, 6.07) is 6.85. The van der Waals surface area contributed by atoms with Crippen molar-refractivity contribution in [2.45, 2.75) is 42.2 Å². The Balaban J connectivity index is 2.09. The van der Waals surface area contributed by atoms with Crippen LogP contribution in [0.3, 0.4) is 0 Å². The molecule has 0 heterocycles. The van der Waals surface area contributed by atoms with Crippen molar-refractivity contribution in [2.75, 3.05) is 6.54 Å². The van der Waals surface area contributed by atoms with Gasteiger partial charge in [-0.2, -0.15) is 0 Å². The quantitative estimate of drug-likeness (QED) is 0.886. The molecule has 0 unspecified atom stereocenters. The van der Waals surface area contributed by atoms with Crippen LogP contribution >= 0.6 is 11.8 Å². The van der Waals surface area contributed by atoms with Crippen LogP contribution in [0.25, 0.3) is 0 Å². The third-order valence-electron chi connectivity index (χ3n) is 3.69. The number of halogens is 1.